The summed E-state index contributed by atoms with van der Waals surface area (Å²) in [6.45, 7) is 7.34. The summed E-state index contributed by atoms with van der Waals surface area (Å²) in [5.41, 5.74) is 7.11. The summed E-state index contributed by atoms with van der Waals surface area (Å²) in [6.07, 6.45) is 3.47. The molecule has 0 aromatic heterocycles. The molecule has 0 saturated carbocycles. The molecule has 3 N–H and O–H groups in total. The van der Waals surface area contributed by atoms with Crippen LogP contribution in [0.25, 0.3) is 0 Å². The Morgan fingerprint density at radius 1 is 1.37 bits per heavy atom. The number of unbranched alkanes of at least 4 members (excludes halogenated alkanes) is 2. The summed E-state index contributed by atoms with van der Waals surface area (Å²) in [6, 6.07) is 5.58. The molecule has 0 unspecified atom stereocenters. The summed E-state index contributed by atoms with van der Waals surface area (Å²) in [4.78, 5) is 13.4. The quantitative estimate of drug-likeness (QED) is 0.585. The van der Waals surface area contributed by atoms with Crippen molar-refractivity contribution in [3.05, 3.63) is 23.8 Å². The number of nitrogen functional groups attached to an aromatic ring is 1. The number of rotatable bonds is 7. The highest BCUT2D eigenvalue weighted by Gasteiger charge is 2.14. The van der Waals surface area contributed by atoms with Gasteiger partial charge in [0.05, 0.1) is 5.56 Å². The maximum atomic E-state index is 11.1. The summed E-state index contributed by atoms with van der Waals surface area (Å²) < 4.78 is 0. The van der Waals surface area contributed by atoms with Crippen molar-refractivity contribution in [2.45, 2.75) is 46.1 Å². The van der Waals surface area contributed by atoms with Gasteiger partial charge in [-0.2, -0.15) is 0 Å². The Hall–Kier alpha value is -1.71. The molecule has 0 heterocycles. The van der Waals surface area contributed by atoms with Gasteiger partial charge in [0.15, 0.2) is 0 Å². The molecule has 4 heteroatoms. The van der Waals surface area contributed by atoms with Crippen LogP contribution in [0, 0.1) is 0 Å². The fraction of sp³-hybridized carbons (Fsp3) is 0.533. The van der Waals surface area contributed by atoms with Crippen molar-refractivity contribution in [1.82, 2.24) is 0 Å². The molecule has 0 spiro atoms. The van der Waals surface area contributed by atoms with Crippen molar-refractivity contribution < 1.29 is 9.90 Å². The van der Waals surface area contributed by atoms with Crippen LogP contribution in [0.15, 0.2) is 18.2 Å². The molecule has 1 aromatic rings. The lowest BCUT2D eigenvalue weighted by Crippen LogP contribution is -2.31. The van der Waals surface area contributed by atoms with Crippen LogP contribution in [0.2, 0.25) is 0 Å². The Morgan fingerprint density at radius 3 is 2.58 bits per heavy atom. The molecular weight excluding hydrogens is 240 g/mol. The Bertz CT molecular complexity index is 430. The van der Waals surface area contributed by atoms with Crippen LogP contribution in [-0.4, -0.2) is 23.7 Å². The number of hydrogen-bond acceptors (Lipinski definition) is 3. The van der Waals surface area contributed by atoms with E-state index in [0.717, 1.165) is 18.7 Å². The van der Waals surface area contributed by atoms with E-state index in [1.807, 2.05) is 6.07 Å². The molecule has 0 radical (unpaired) electrons. The molecular formula is C15H24N2O2. The molecule has 4 nitrogen and oxygen atoms in total. The number of nitrogens with two attached hydrogens (primary N) is 1. The van der Waals surface area contributed by atoms with Crippen LogP contribution < -0.4 is 10.6 Å². The van der Waals surface area contributed by atoms with Gasteiger partial charge in [-0.15, -0.1) is 0 Å². The molecule has 0 saturated heterocycles. The van der Waals surface area contributed by atoms with E-state index in [2.05, 4.69) is 25.7 Å². The lowest BCUT2D eigenvalue weighted by Gasteiger charge is -2.29. The summed E-state index contributed by atoms with van der Waals surface area (Å²) in [5, 5.41) is 9.13. The molecule has 0 bridgehead atoms. The van der Waals surface area contributed by atoms with E-state index >= 15 is 0 Å². The zero-order valence-electron chi connectivity index (χ0n) is 12.0. The van der Waals surface area contributed by atoms with Crippen molar-refractivity contribution >= 4 is 17.3 Å². The number of anilines is 2. The van der Waals surface area contributed by atoms with Gasteiger partial charge in [0.25, 0.3) is 0 Å². The van der Waals surface area contributed by atoms with Crippen molar-refractivity contribution in [3.63, 3.8) is 0 Å². The first kappa shape index (κ1) is 15.3. The van der Waals surface area contributed by atoms with E-state index in [1.165, 1.54) is 12.8 Å². The largest absolute Gasteiger partial charge is 0.478 e. The fourth-order valence-corrected chi connectivity index (χ4v) is 2.13. The van der Waals surface area contributed by atoms with Crippen LogP contribution in [-0.2, 0) is 0 Å². The van der Waals surface area contributed by atoms with E-state index in [4.69, 9.17) is 10.8 Å². The van der Waals surface area contributed by atoms with Gasteiger partial charge >= 0.3 is 5.97 Å². The van der Waals surface area contributed by atoms with Crippen LogP contribution >= 0.6 is 0 Å². The number of carbonyl (C=O) groups is 1. The average molecular weight is 264 g/mol. The highest BCUT2D eigenvalue weighted by molar-refractivity contribution is 5.94. The zero-order chi connectivity index (χ0) is 14.4. The monoisotopic (exact) mass is 264 g/mol. The molecule has 1 rings (SSSR count). The summed E-state index contributed by atoms with van der Waals surface area (Å²) in [7, 11) is 0. The van der Waals surface area contributed by atoms with Gasteiger partial charge in [0, 0.05) is 24.0 Å². The molecule has 0 aliphatic carbocycles. The SMILES string of the molecule is CCCCCN(c1ccc(N)c(C(=O)O)c1)C(C)C. The normalized spacial score (nSPS) is 10.7. The molecule has 0 aliphatic rings. The van der Waals surface area contributed by atoms with Gasteiger partial charge in [-0.1, -0.05) is 19.8 Å². The van der Waals surface area contributed by atoms with Crippen LogP contribution in [0.3, 0.4) is 0 Å². The number of carboxylic acid groups (broad SMARTS) is 1. The highest BCUT2D eigenvalue weighted by Crippen LogP contribution is 2.23. The molecule has 0 amide bonds. The Labute approximate surface area is 115 Å². The average Bonchev–Trinajstić information content (AvgIpc) is 2.35. The second kappa shape index (κ2) is 7.02. The summed E-state index contributed by atoms with van der Waals surface area (Å²) in [5.74, 6) is -0.975. The molecule has 19 heavy (non-hydrogen) atoms. The number of aromatic carboxylic acids is 1. The molecule has 0 fully saturated rings. The lowest BCUT2D eigenvalue weighted by atomic mass is 10.1. The number of carboxylic acids is 1. The molecule has 1 aromatic carbocycles. The minimum atomic E-state index is -0.975. The minimum absolute atomic E-state index is 0.179. The topological polar surface area (TPSA) is 66.6 Å². The Balaban J connectivity index is 2.96. The van der Waals surface area contributed by atoms with Crippen molar-refractivity contribution in [3.8, 4) is 0 Å². The van der Waals surface area contributed by atoms with Crippen molar-refractivity contribution in [1.29, 1.82) is 0 Å². The van der Waals surface area contributed by atoms with E-state index < -0.39 is 5.97 Å². The maximum Gasteiger partial charge on any atom is 0.337 e. The lowest BCUT2D eigenvalue weighted by molar-refractivity contribution is 0.0698. The minimum Gasteiger partial charge on any atom is -0.478 e. The second-order valence-corrected chi connectivity index (χ2v) is 5.07. The first-order valence-electron chi connectivity index (χ1n) is 6.86. The third kappa shape index (κ3) is 4.16. The first-order chi connectivity index (χ1) is 8.97. The van der Waals surface area contributed by atoms with E-state index in [1.54, 1.807) is 12.1 Å². The Morgan fingerprint density at radius 2 is 2.05 bits per heavy atom. The maximum absolute atomic E-state index is 11.1. The smallest absolute Gasteiger partial charge is 0.337 e. The third-order valence-corrected chi connectivity index (χ3v) is 3.22. The van der Waals surface area contributed by atoms with Gasteiger partial charge in [-0.25, -0.2) is 4.79 Å². The van der Waals surface area contributed by atoms with E-state index in [-0.39, 0.29) is 5.56 Å². The van der Waals surface area contributed by atoms with Crippen LogP contribution in [0.5, 0.6) is 0 Å². The predicted octanol–water partition coefficient (Wildman–Crippen LogP) is 3.37. The standard InChI is InChI=1S/C15H24N2O2/c1-4-5-6-9-17(11(2)3)12-7-8-14(16)13(10-12)15(18)19/h7-8,10-11H,4-6,9,16H2,1-3H3,(H,18,19). The molecule has 0 aliphatic heterocycles. The van der Waals surface area contributed by atoms with Crippen LogP contribution in [0.1, 0.15) is 50.4 Å². The van der Waals surface area contributed by atoms with E-state index in [9.17, 15) is 4.79 Å². The zero-order valence-corrected chi connectivity index (χ0v) is 12.0. The number of hydrogen-bond donors (Lipinski definition) is 2. The molecule has 106 valence electrons. The number of nitrogens with zero attached hydrogens (tertiary/aromatic N) is 1. The van der Waals surface area contributed by atoms with E-state index in [0.29, 0.717) is 11.7 Å². The van der Waals surface area contributed by atoms with Gasteiger partial charge in [-0.3, -0.25) is 0 Å². The first-order valence-corrected chi connectivity index (χ1v) is 6.86. The van der Waals surface area contributed by atoms with Crippen LogP contribution in [0.4, 0.5) is 11.4 Å². The van der Waals surface area contributed by atoms with Crippen molar-refractivity contribution in [2.75, 3.05) is 17.2 Å². The third-order valence-electron chi connectivity index (χ3n) is 3.22. The molecule has 0 atom stereocenters. The van der Waals surface area contributed by atoms with Gasteiger partial charge in [0.2, 0.25) is 0 Å². The fourth-order valence-electron chi connectivity index (χ4n) is 2.13. The second-order valence-electron chi connectivity index (χ2n) is 5.07. The van der Waals surface area contributed by atoms with Gasteiger partial charge < -0.3 is 15.7 Å². The van der Waals surface area contributed by atoms with Gasteiger partial charge in [0.1, 0.15) is 0 Å². The summed E-state index contributed by atoms with van der Waals surface area (Å²) >= 11 is 0. The van der Waals surface area contributed by atoms with Crippen molar-refractivity contribution in [2.24, 2.45) is 0 Å². The Kier molecular flexibility index (Phi) is 5.67. The highest BCUT2D eigenvalue weighted by atomic mass is 16.4. The van der Waals surface area contributed by atoms with Gasteiger partial charge in [-0.05, 0) is 38.5 Å². The number of benzene rings is 1. The predicted molar refractivity (Wildman–Crippen MR) is 79.8 cm³/mol.